The summed E-state index contributed by atoms with van der Waals surface area (Å²) in [4.78, 5) is 36.7. The molecule has 8 nitrogen and oxygen atoms in total. The SMILES string of the molecule is COC(=O)[C@@H](C)Oc1cc(C)ccc1COc1ccc(-n2c(=O)cc(C(F)(F)F)n(C)c2=O)c(C)c1. The maximum atomic E-state index is 13.1. The molecule has 0 aliphatic rings. The van der Waals surface area contributed by atoms with Crippen molar-refractivity contribution in [2.24, 2.45) is 7.05 Å². The Morgan fingerprint density at radius 3 is 2.36 bits per heavy atom. The molecule has 0 amide bonds. The molecular formula is C25H25F3N2O6. The van der Waals surface area contributed by atoms with Gasteiger partial charge in [-0.05, 0) is 56.2 Å². The van der Waals surface area contributed by atoms with Gasteiger partial charge in [-0.1, -0.05) is 12.1 Å². The molecule has 0 N–H and O–H groups in total. The van der Waals surface area contributed by atoms with Gasteiger partial charge in [0, 0.05) is 18.7 Å². The van der Waals surface area contributed by atoms with Crippen molar-refractivity contribution in [3.05, 3.63) is 85.7 Å². The standard InChI is InChI=1S/C25H25F3N2O6/c1-14-6-7-17(20(10-14)36-16(3)23(32)34-5)13-35-18-8-9-19(15(2)11-18)30-22(31)12-21(25(26,27)28)29(4)24(30)33/h6-12,16H,13H2,1-5H3/t16-/m1/s1. The number of carbonyl (C=O) groups excluding carboxylic acids is 1. The van der Waals surface area contributed by atoms with E-state index in [1.165, 1.54) is 19.2 Å². The van der Waals surface area contributed by atoms with Crippen molar-refractivity contribution < 1.29 is 32.2 Å². The number of alkyl halides is 3. The van der Waals surface area contributed by atoms with Crippen molar-refractivity contribution in [1.82, 2.24) is 9.13 Å². The van der Waals surface area contributed by atoms with E-state index in [1.54, 1.807) is 32.0 Å². The van der Waals surface area contributed by atoms with Gasteiger partial charge in [-0.25, -0.2) is 14.2 Å². The first-order chi connectivity index (χ1) is 16.8. The van der Waals surface area contributed by atoms with Gasteiger partial charge in [-0.2, -0.15) is 13.2 Å². The highest BCUT2D eigenvalue weighted by Gasteiger charge is 2.35. The number of benzene rings is 2. The molecule has 192 valence electrons. The maximum Gasteiger partial charge on any atom is 0.431 e. The largest absolute Gasteiger partial charge is 0.489 e. The number of ether oxygens (including phenoxy) is 3. The van der Waals surface area contributed by atoms with Crippen LogP contribution in [0.4, 0.5) is 13.2 Å². The van der Waals surface area contributed by atoms with Gasteiger partial charge in [0.1, 0.15) is 23.8 Å². The van der Waals surface area contributed by atoms with E-state index >= 15 is 0 Å². The molecule has 0 saturated carbocycles. The quantitative estimate of drug-likeness (QED) is 0.454. The van der Waals surface area contributed by atoms with Crippen molar-refractivity contribution in [1.29, 1.82) is 0 Å². The average Bonchev–Trinajstić information content (AvgIpc) is 2.80. The minimum absolute atomic E-state index is 0.0737. The summed E-state index contributed by atoms with van der Waals surface area (Å²) in [6.07, 6.45) is -5.67. The summed E-state index contributed by atoms with van der Waals surface area (Å²) in [5, 5.41) is 0. The van der Waals surface area contributed by atoms with Gasteiger partial charge in [0.05, 0.1) is 12.8 Å². The fraction of sp³-hybridized carbons (Fsp3) is 0.320. The third-order valence-corrected chi connectivity index (χ3v) is 5.47. The van der Waals surface area contributed by atoms with E-state index < -0.39 is 35.2 Å². The third-order valence-electron chi connectivity index (χ3n) is 5.47. The van der Waals surface area contributed by atoms with Gasteiger partial charge in [-0.15, -0.1) is 0 Å². The van der Waals surface area contributed by atoms with Gasteiger partial charge >= 0.3 is 17.8 Å². The smallest absolute Gasteiger partial charge is 0.431 e. The Morgan fingerprint density at radius 1 is 1.06 bits per heavy atom. The van der Waals surface area contributed by atoms with Crippen molar-refractivity contribution in [2.45, 2.75) is 39.7 Å². The molecule has 0 fully saturated rings. The van der Waals surface area contributed by atoms with Crippen LogP contribution in [0.1, 0.15) is 29.3 Å². The minimum atomic E-state index is -4.84. The molecular weight excluding hydrogens is 481 g/mol. The second-order valence-electron chi connectivity index (χ2n) is 8.17. The number of methoxy groups -OCH3 is 1. The number of hydrogen-bond acceptors (Lipinski definition) is 6. The van der Waals surface area contributed by atoms with E-state index in [1.807, 2.05) is 13.0 Å². The summed E-state index contributed by atoms with van der Waals surface area (Å²) in [5.41, 5.74) is -1.40. The van der Waals surface area contributed by atoms with Gasteiger partial charge in [0.2, 0.25) is 0 Å². The Bertz CT molecular complexity index is 1410. The van der Waals surface area contributed by atoms with Crippen LogP contribution in [0.2, 0.25) is 0 Å². The van der Waals surface area contributed by atoms with Crippen LogP contribution in [0, 0.1) is 13.8 Å². The molecule has 0 aliphatic heterocycles. The molecule has 0 aliphatic carbocycles. The molecule has 1 atom stereocenters. The normalized spacial score (nSPS) is 12.2. The van der Waals surface area contributed by atoms with Gasteiger partial charge in [-0.3, -0.25) is 9.36 Å². The van der Waals surface area contributed by atoms with E-state index in [0.29, 0.717) is 37.8 Å². The fourth-order valence-electron chi connectivity index (χ4n) is 3.54. The number of hydrogen-bond donors (Lipinski definition) is 0. The molecule has 0 unspecified atom stereocenters. The van der Waals surface area contributed by atoms with E-state index in [9.17, 15) is 27.6 Å². The number of aryl methyl sites for hydroxylation is 2. The van der Waals surface area contributed by atoms with Crippen LogP contribution in [-0.2, 0) is 29.4 Å². The van der Waals surface area contributed by atoms with Crippen molar-refractivity contribution >= 4 is 5.97 Å². The molecule has 2 aromatic carbocycles. The first-order valence-corrected chi connectivity index (χ1v) is 10.8. The Balaban J connectivity index is 1.87. The monoisotopic (exact) mass is 506 g/mol. The lowest BCUT2D eigenvalue weighted by atomic mass is 10.1. The highest BCUT2D eigenvalue weighted by Crippen LogP contribution is 2.28. The van der Waals surface area contributed by atoms with Crippen LogP contribution < -0.4 is 20.7 Å². The lowest BCUT2D eigenvalue weighted by molar-refractivity contribution is -0.148. The average molecular weight is 506 g/mol. The van der Waals surface area contributed by atoms with Crippen LogP contribution >= 0.6 is 0 Å². The van der Waals surface area contributed by atoms with E-state index in [2.05, 4.69) is 0 Å². The van der Waals surface area contributed by atoms with Crippen LogP contribution in [0.3, 0.4) is 0 Å². The molecule has 0 spiro atoms. The molecule has 0 radical (unpaired) electrons. The Morgan fingerprint density at radius 2 is 1.75 bits per heavy atom. The predicted octanol–water partition coefficient (Wildman–Crippen LogP) is 3.69. The number of rotatable bonds is 7. The summed E-state index contributed by atoms with van der Waals surface area (Å²) in [6.45, 7) is 5.11. The first kappa shape index (κ1) is 26.6. The minimum Gasteiger partial charge on any atom is -0.489 e. The second-order valence-corrected chi connectivity index (χ2v) is 8.17. The highest BCUT2D eigenvalue weighted by atomic mass is 19.4. The van der Waals surface area contributed by atoms with Gasteiger partial charge in [0.25, 0.3) is 5.56 Å². The van der Waals surface area contributed by atoms with E-state index in [-0.39, 0.29) is 12.3 Å². The zero-order valence-electron chi connectivity index (χ0n) is 20.3. The summed E-state index contributed by atoms with van der Waals surface area (Å²) in [6, 6.07) is 10.3. The first-order valence-electron chi connectivity index (χ1n) is 10.8. The molecule has 1 heterocycles. The number of halogens is 3. The molecule has 0 saturated heterocycles. The number of aromatic nitrogens is 2. The lowest BCUT2D eigenvalue weighted by Crippen LogP contribution is -2.40. The topological polar surface area (TPSA) is 88.8 Å². The van der Waals surface area contributed by atoms with Crippen LogP contribution in [-0.4, -0.2) is 28.3 Å². The number of esters is 1. The van der Waals surface area contributed by atoms with Crippen LogP contribution in [0.5, 0.6) is 11.5 Å². The molecule has 11 heteroatoms. The predicted molar refractivity (Wildman–Crippen MR) is 125 cm³/mol. The van der Waals surface area contributed by atoms with E-state index in [4.69, 9.17) is 14.2 Å². The lowest BCUT2D eigenvalue weighted by Gasteiger charge is -2.17. The van der Waals surface area contributed by atoms with Crippen LogP contribution in [0.15, 0.2) is 52.1 Å². The maximum absolute atomic E-state index is 13.1. The zero-order valence-corrected chi connectivity index (χ0v) is 20.3. The summed E-state index contributed by atoms with van der Waals surface area (Å²) in [7, 11) is 2.22. The Kier molecular flexibility index (Phi) is 7.61. The van der Waals surface area contributed by atoms with Gasteiger partial charge < -0.3 is 14.2 Å². The van der Waals surface area contributed by atoms with Crippen molar-refractivity contribution in [3.8, 4) is 17.2 Å². The molecule has 1 aromatic heterocycles. The number of carbonyl (C=O) groups is 1. The zero-order chi connectivity index (χ0) is 26.8. The summed E-state index contributed by atoms with van der Waals surface area (Å²) >= 11 is 0. The number of nitrogens with zero attached hydrogens (tertiary/aromatic N) is 2. The summed E-state index contributed by atoms with van der Waals surface area (Å²) in [5.74, 6) is 0.306. The van der Waals surface area contributed by atoms with Crippen LogP contribution in [0.25, 0.3) is 5.69 Å². The van der Waals surface area contributed by atoms with Gasteiger partial charge in [0.15, 0.2) is 6.10 Å². The summed E-state index contributed by atoms with van der Waals surface area (Å²) < 4.78 is 56.7. The third kappa shape index (κ3) is 5.61. The van der Waals surface area contributed by atoms with Crippen molar-refractivity contribution in [2.75, 3.05) is 7.11 Å². The molecule has 3 aromatic rings. The Hall–Kier alpha value is -4.02. The Labute approximate surface area is 204 Å². The highest BCUT2D eigenvalue weighted by molar-refractivity contribution is 5.74. The fourth-order valence-corrected chi connectivity index (χ4v) is 3.54. The molecule has 3 rings (SSSR count). The van der Waals surface area contributed by atoms with Crippen molar-refractivity contribution in [3.63, 3.8) is 0 Å². The van der Waals surface area contributed by atoms with E-state index in [0.717, 1.165) is 12.6 Å². The second kappa shape index (κ2) is 10.3. The molecule has 0 bridgehead atoms. The molecule has 36 heavy (non-hydrogen) atoms.